The number of rotatable bonds is 3. The van der Waals surface area contributed by atoms with Gasteiger partial charge in [-0.2, -0.15) is 22.8 Å². The standard InChI is InChI=1S/C20H14ClF3N4/c1-12-11-16(26-15-5-3-2-4-6-15)28-19(25-12)17(18(27-28)20(22,23)24)13-7-9-14(21)10-8-13/h2-11,26H,1H3. The second-order valence-corrected chi connectivity index (χ2v) is 6.67. The van der Waals surface area contributed by atoms with E-state index in [1.165, 1.54) is 16.6 Å². The van der Waals surface area contributed by atoms with Gasteiger partial charge in [-0.25, -0.2) is 4.98 Å². The molecule has 0 atom stereocenters. The summed E-state index contributed by atoms with van der Waals surface area (Å²) in [6.07, 6.45) is -4.64. The van der Waals surface area contributed by atoms with E-state index in [0.29, 0.717) is 22.1 Å². The summed E-state index contributed by atoms with van der Waals surface area (Å²) in [5.41, 5.74) is 0.679. The van der Waals surface area contributed by atoms with Crippen LogP contribution in [0.1, 0.15) is 11.4 Å². The van der Waals surface area contributed by atoms with Gasteiger partial charge in [-0.3, -0.25) is 0 Å². The van der Waals surface area contributed by atoms with Gasteiger partial charge in [0.25, 0.3) is 0 Å². The largest absolute Gasteiger partial charge is 0.435 e. The summed E-state index contributed by atoms with van der Waals surface area (Å²) in [7, 11) is 0. The Kier molecular flexibility index (Phi) is 4.47. The number of aryl methyl sites for hydroxylation is 1. The molecule has 0 amide bonds. The molecule has 0 saturated heterocycles. The molecule has 0 aliphatic carbocycles. The number of aromatic nitrogens is 3. The van der Waals surface area contributed by atoms with Gasteiger partial charge in [-0.15, -0.1) is 0 Å². The van der Waals surface area contributed by atoms with Gasteiger partial charge < -0.3 is 5.32 Å². The maximum absolute atomic E-state index is 13.8. The highest BCUT2D eigenvalue weighted by Gasteiger charge is 2.39. The molecule has 2 aromatic carbocycles. The predicted molar refractivity (Wildman–Crippen MR) is 103 cm³/mol. The van der Waals surface area contributed by atoms with Crippen LogP contribution in [0.3, 0.4) is 0 Å². The maximum Gasteiger partial charge on any atom is 0.435 e. The molecule has 0 spiro atoms. The first-order valence-corrected chi connectivity index (χ1v) is 8.76. The minimum Gasteiger partial charge on any atom is -0.340 e. The molecule has 28 heavy (non-hydrogen) atoms. The number of anilines is 2. The minimum atomic E-state index is -4.64. The number of benzene rings is 2. The van der Waals surface area contributed by atoms with Gasteiger partial charge >= 0.3 is 6.18 Å². The van der Waals surface area contributed by atoms with Crippen LogP contribution >= 0.6 is 11.6 Å². The van der Waals surface area contributed by atoms with Gasteiger partial charge in [-0.05, 0) is 36.8 Å². The molecular weight excluding hydrogens is 389 g/mol. The third-order valence-electron chi connectivity index (χ3n) is 4.16. The third-order valence-corrected chi connectivity index (χ3v) is 4.42. The van der Waals surface area contributed by atoms with Gasteiger partial charge in [0.15, 0.2) is 11.3 Å². The second kappa shape index (κ2) is 6.83. The molecule has 4 aromatic rings. The van der Waals surface area contributed by atoms with Crippen molar-refractivity contribution in [3.05, 3.63) is 77.1 Å². The summed E-state index contributed by atoms with van der Waals surface area (Å²) in [5.74, 6) is 0.388. The maximum atomic E-state index is 13.8. The fraction of sp³-hybridized carbons (Fsp3) is 0.100. The average molecular weight is 403 g/mol. The van der Waals surface area contributed by atoms with Gasteiger partial charge in [0.05, 0.1) is 5.56 Å². The van der Waals surface area contributed by atoms with Gasteiger partial charge in [0.2, 0.25) is 0 Å². The first-order valence-electron chi connectivity index (χ1n) is 8.38. The predicted octanol–water partition coefficient (Wildman–Crippen LogP) is 6.12. The van der Waals surface area contributed by atoms with Crippen LogP contribution in [0.15, 0.2) is 60.7 Å². The second-order valence-electron chi connectivity index (χ2n) is 6.24. The molecule has 2 heterocycles. The zero-order valence-electron chi connectivity index (χ0n) is 14.6. The smallest absolute Gasteiger partial charge is 0.340 e. The Morgan fingerprint density at radius 3 is 2.32 bits per heavy atom. The van der Waals surface area contributed by atoms with Crippen molar-refractivity contribution in [3.63, 3.8) is 0 Å². The molecule has 4 nitrogen and oxygen atoms in total. The van der Waals surface area contributed by atoms with Crippen molar-refractivity contribution in [1.82, 2.24) is 14.6 Å². The topological polar surface area (TPSA) is 42.2 Å². The van der Waals surface area contributed by atoms with Crippen molar-refractivity contribution in [2.75, 3.05) is 5.32 Å². The summed E-state index contributed by atoms with van der Waals surface area (Å²) < 4.78 is 42.5. The summed E-state index contributed by atoms with van der Waals surface area (Å²) >= 11 is 5.89. The fourth-order valence-electron chi connectivity index (χ4n) is 2.98. The van der Waals surface area contributed by atoms with Crippen molar-refractivity contribution in [2.24, 2.45) is 0 Å². The lowest BCUT2D eigenvalue weighted by molar-refractivity contribution is -0.140. The van der Waals surface area contributed by atoms with E-state index >= 15 is 0 Å². The number of para-hydroxylation sites is 1. The van der Waals surface area contributed by atoms with E-state index in [1.807, 2.05) is 30.3 Å². The van der Waals surface area contributed by atoms with Crippen LogP contribution in [0.25, 0.3) is 16.8 Å². The van der Waals surface area contributed by atoms with Crippen LogP contribution < -0.4 is 5.32 Å². The molecule has 8 heteroatoms. The summed E-state index contributed by atoms with van der Waals surface area (Å²) in [6, 6.07) is 16.9. The van der Waals surface area contributed by atoms with E-state index in [4.69, 9.17) is 11.6 Å². The van der Waals surface area contributed by atoms with Crippen LogP contribution in [-0.2, 0) is 6.18 Å². The normalized spacial score (nSPS) is 11.8. The Bertz CT molecular complexity index is 1140. The molecule has 0 radical (unpaired) electrons. The lowest BCUT2D eigenvalue weighted by Gasteiger charge is -2.09. The average Bonchev–Trinajstić information content (AvgIpc) is 3.03. The van der Waals surface area contributed by atoms with Crippen LogP contribution in [0.4, 0.5) is 24.7 Å². The first-order chi connectivity index (χ1) is 13.3. The molecule has 0 saturated carbocycles. The lowest BCUT2D eigenvalue weighted by atomic mass is 10.1. The Morgan fingerprint density at radius 2 is 1.68 bits per heavy atom. The number of nitrogens with zero attached hydrogens (tertiary/aromatic N) is 3. The highest BCUT2D eigenvalue weighted by molar-refractivity contribution is 6.30. The molecule has 2 aromatic heterocycles. The van der Waals surface area contributed by atoms with E-state index in [1.54, 1.807) is 25.1 Å². The van der Waals surface area contributed by atoms with Crippen molar-refractivity contribution >= 4 is 28.8 Å². The van der Waals surface area contributed by atoms with Crippen LogP contribution in [-0.4, -0.2) is 14.6 Å². The quantitative estimate of drug-likeness (QED) is 0.449. The van der Waals surface area contributed by atoms with E-state index in [0.717, 1.165) is 5.69 Å². The zero-order valence-corrected chi connectivity index (χ0v) is 15.4. The first kappa shape index (κ1) is 18.3. The van der Waals surface area contributed by atoms with E-state index in [-0.39, 0.29) is 11.2 Å². The van der Waals surface area contributed by atoms with Crippen LogP contribution in [0.5, 0.6) is 0 Å². The number of nitrogens with one attached hydrogen (secondary N) is 1. The number of halogens is 4. The molecule has 1 N–H and O–H groups in total. The molecule has 4 rings (SSSR count). The van der Waals surface area contributed by atoms with Crippen LogP contribution in [0, 0.1) is 6.92 Å². The van der Waals surface area contributed by atoms with Crippen molar-refractivity contribution in [3.8, 4) is 11.1 Å². The molecule has 0 aliphatic rings. The summed E-state index contributed by atoms with van der Waals surface area (Å²) in [5, 5.41) is 7.40. The van der Waals surface area contributed by atoms with Gasteiger partial charge in [-0.1, -0.05) is 41.9 Å². The van der Waals surface area contributed by atoms with E-state index in [9.17, 15) is 13.2 Å². The van der Waals surface area contributed by atoms with Crippen LogP contribution in [0.2, 0.25) is 5.02 Å². The Balaban J connectivity index is 1.98. The molecule has 0 fully saturated rings. The molecule has 0 bridgehead atoms. The zero-order chi connectivity index (χ0) is 19.9. The highest BCUT2D eigenvalue weighted by Crippen LogP contribution is 2.39. The van der Waals surface area contributed by atoms with Crippen molar-refractivity contribution in [1.29, 1.82) is 0 Å². The molecule has 142 valence electrons. The number of alkyl halides is 3. The Hall–Kier alpha value is -3.06. The van der Waals surface area contributed by atoms with E-state index in [2.05, 4.69) is 15.4 Å². The summed E-state index contributed by atoms with van der Waals surface area (Å²) in [4.78, 5) is 4.34. The Labute approximate surface area is 163 Å². The number of hydrogen-bond donors (Lipinski definition) is 1. The number of fused-ring (bicyclic) bond motifs is 1. The monoisotopic (exact) mass is 402 g/mol. The van der Waals surface area contributed by atoms with Gasteiger partial charge in [0, 0.05) is 22.5 Å². The molecular formula is C20H14ClF3N4. The van der Waals surface area contributed by atoms with E-state index < -0.39 is 11.9 Å². The Morgan fingerprint density at radius 1 is 1.00 bits per heavy atom. The van der Waals surface area contributed by atoms with Gasteiger partial charge in [0.1, 0.15) is 5.82 Å². The SMILES string of the molecule is Cc1cc(Nc2ccccc2)n2nc(C(F)(F)F)c(-c3ccc(Cl)cc3)c2n1. The summed E-state index contributed by atoms with van der Waals surface area (Å²) in [6.45, 7) is 1.72. The molecule has 0 unspecified atom stereocenters. The highest BCUT2D eigenvalue weighted by atomic mass is 35.5. The minimum absolute atomic E-state index is 0.0796. The van der Waals surface area contributed by atoms with Crippen molar-refractivity contribution in [2.45, 2.75) is 13.1 Å². The number of hydrogen-bond acceptors (Lipinski definition) is 3. The molecule has 0 aliphatic heterocycles. The van der Waals surface area contributed by atoms with Crippen molar-refractivity contribution < 1.29 is 13.2 Å². The fourth-order valence-corrected chi connectivity index (χ4v) is 3.10. The lowest BCUT2D eigenvalue weighted by Crippen LogP contribution is -2.08. The third kappa shape index (κ3) is 3.41.